The molecule has 1 aromatic rings. The molecule has 0 radical (unpaired) electrons. The van der Waals surface area contributed by atoms with E-state index in [0.717, 1.165) is 11.3 Å². The van der Waals surface area contributed by atoms with E-state index in [2.05, 4.69) is 7.05 Å². The van der Waals surface area contributed by atoms with Crippen LogP contribution in [-0.4, -0.2) is 50.3 Å². The molecular formula is C21H30NO3+. The van der Waals surface area contributed by atoms with Crippen molar-refractivity contribution >= 4 is 12.0 Å². The number of quaternary nitrogens is 1. The third-order valence-corrected chi connectivity index (χ3v) is 5.97. The van der Waals surface area contributed by atoms with Crippen molar-refractivity contribution in [1.82, 2.24) is 0 Å². The van der Waals surface area contributed by atoms with Crippen LogP contribution in [0, 0.1) is 5.92 Å². The van der Waals surface area contributed by atoms with Crippen molar-refractivity contribution < 1.29 is 18.8 Å². The highest BCUT2D eigenvalue weighted by Crippen LogP contribution is 2.36. The van der Waals surface area contributed by atoms with E-state index >= 15 is 0 Å². The van der Waals surface area contributed by atoms with Gasteiger partial charge in [-0.3, -0.25) is 0 Å². The Morgan fingerprint density at radius 2 is 1.92 bits per heavy atom. The van der Waals surface area contributed by atoms with Crippen LogP contribution in [0.15, 0.2) is 30.3 Å². The van der Waals surface area contributed by atoms with Crippen LogP contribution < -0.4 is 4.74 Å². The number of fused-ring (bicyclic) bond motifs is 1. The molecule has 1 aromatic carbocycles. The van der Waals surface area contributed by atoms with Gasteiger partial charge in [-0.05, 0) is 49.5 Å². The summed E-state index contributed by atoms with van der Waals surface area (Å²) in [6.45, 7) is 3.13. The van der Waals surface area contributed by atoms with Gasteiger partial charge in [-0.15, -0.1) is 0 Å². The molecule has 0 bridgehead atoms. The Morgan fingerprint density at radius 3 is 2.68 bits per heavy atom. The van der Waals surface area contributed by atoms with Crippen LogP contribution in [0.3, 0.4) is 0 Å². The number of nitrogens with zero attached hydrogens (tertiary/aromatic N) is 1. The van der Waals surface area contributed by atoms with Crippen molar-refractivity contribution in [2.75, 3.05) is 33.9 Å². The zero-order valence-electron chi connectivity index (χ0n) is 15.4. The van der Waals surface area contributed by atoms with E-state index in [1.807, 2.05) is 24.3 Å². The lowest BCUT2D eigenvalue weighted by molar-refractivity contribution is -0.947. The van der Waals surface area contributed by atoms with Crippen LogP contribution in [0.5, 0.6) is 5.75 Å². The average Bonchev–Trinajstić information content (AvgIpc) is 2.64. The first-order valence-electron chi connectivity index (χ1n) is 9.44. The third kappa shape index (κ3) is 4.43. The number of hydrogen-bond acceptors (Lipinski definition) is 3. The Bertz CT molecular complexity index is 606. The highest BCUT2D eigenvalue weighted by Gasteiger charge is 2.43. The number of piperidine rings is 2. The Kier molecular flexibility index (Phi) is 5.79. The second-order valence-electron chi connectivity index (χ2n) is 7.63. The fourth-order valence-corrected chi connectivity index (χ4v) is 4.54. The minimum absolute atomic E-state index is 0.244. The molecule has 2 aliphatic heterocycles. The molecule has 25 heavy (non-hydrogen) atoms. The summed E-state index contributed by atoms with van der Waals surface area (Å²) in [5, 5.41) is 0. The first kappa shape index (κ1) is 18.0. The molecule has 0 N–H and O–H groups in total. The summed E-state index contributed by atoms with van der Waals surface area (Å²) < 4.78 is 11.9. The van der Waals surface area contributed by atoms with Crippen LogP contribution in [0.25, 0.3) is 6.08 Å². The molecular weight excluding hydrogens is 314 g/mol. The van der Waals surface area contributed by atoms with Crippen LogP contribution in [0.1, 0.15) is 37.7 Å². The normalized spacial score (nSPS) is 29.2. The highest BCUT2D eigenvalue weighted by molar-refractivity contribution is 5.87. The number of rotatable bonds is 5. The maximum atomic E-state index is 12.1. The van der Waals surface area contributed by atoms with E-state index in [4.69, 9.17) is 9.47 Å². The van der Waals surface area contributed by atoms with Gasteiger partial charge in [0.1, 0.15) is 12.4 Å². The van der Waals surface area contributed by atoms with Crippen molar-refractivity contribution in [2.45, 2.75) is 38.1 Å². The topological polar surface area (TPSA) is 35.5 Å². The number of ether oxygens (including phenoxy) is 2. The van der Waals surface area contributed by atoms with Gasteiger partial charge in [-0.25, -0.2) is 4.79 Å². The molecule has 4 heteroatoms. The smallest absolute Gasteiger partial charge is 0.330 e. The van der Waals surface area contributed by atoms with Crippen LogP contribution in [0.4, 0.5) is 0 Å². The van der Waals surface area contributed by atoms with Gasteiger partial charge in [0.05, 0.1) is 33.3 Å². The summed E-state index contributed by atoms with van der Waals surface area (Å²) in [4.78, 5) is 12.1. The molecule has 2 saturated heterocycles. The van der Waals surface area contributed by atoms with Crippen molar-refractivity contribution in [2.24, 2.45) is 5.92 Å². The first-order valence-corrected chi connectivity index (χ1v) is 9.44. The quantitative estimate of drug-likeness (QED) is 0.464. The number of esters is 1. The summed E-state index contributed by atoms with van der Waals surface area (Å²) >= 11 is 0. The van der Waals surface area contributed by atoms with Gasteiger partial charge in [-0.2, -0.15) is 0 Å². The van der Waals surface area contributed by atoms with Crippen molar-refractivity contribution in [3.63, 3.8) is 0 Å². The number of hydrogen-bond donors (Lipinski definition) is 0. The van der Waals surface area contributed by atoms with E-state index in [9.17, 15) is 4.79 Å². The summed E-state index contributed by atoms with van der Waals surface area (Å²) in [6.07, 6.45) is 9.69. The molecule has 0 saturated carbocycles. The van der Waals surface area contributed by atoms with E-state index in [1.165, 1.54) is 55.8 Å². The monoisotopic (exact) mass is 344 g/mol. The first-order chi connectivity index (χ1) is 12.1. The lowest BCUT2D eigenvalue weighted by atomic mass is 9.82. The maximum absolute atomic E-state index is 12.1. The van der Waals surface area contributed by atoms with Gasteiger partial charge in [0.2, 0.25) is 0 Å². The average molecular weight is 344 g/mol. The Hall–Kier alpha value is -1.81. The van der Waals surface area contributed by atoms with Gasteiger partial charge >= 0.3 is 5.97 Å². The molecule has 0 spiro atoms. The van der Waals surface area contributed by atoms with Crippen LogP contribution >= 0.6 is 0 Å². The van der Waals surface area contributed by atoms with Crippen molar-refractivity contribution in [3.8, 4) is 5.75 Å². The molecule has 2 fully saturated rings. The maximum Gasteiger partial charge on any atom is 0.330 e. The zero-order valence-corrected chi connectivity index (χ0v) is 15.4. The van der Waals surface area contributed by atoms with E-state index < -0.39 is 0 Å². The number of benzene rings is 1. The standard InChI is InChI=1S/C21H30NO3/c1-22-14-4-3-7-20(22)18(6-5-15-22)16-25-21(23)13-10-17-8-11-19(24-2)12-9-17/h8-13,18,20H,3-7,14-16H2,1-2H3/q+1/b13-10+/t18-,20+,22-/m0/s1. The minimum atomic E-state index is -0.244. The number of carbonyl (C=O) groups excluding carboxylic acids is 1. The molecule has 2 aliphatic rings. The van der Waals surface area contributed by atoms with Gasteiger partial charge in [0.25, 0.3) is 0 Å². The number of methoxy groups -OCH3 is 1. The lowest BCUT2D eigenvalue weighted by Crippen LogP contribution is -2.61. The summed E-state index contributed by atoms with van der Waals surface area (Å²) in [6, 6.07) is 8.29. The fraction of sp³-hybridized carbons (Fsp3) is 0.571. The van der Waals surface area contributed by atoms with Gasteiger partial charge in [0, 0.05) is 18.4 Å². The second kappa shape index (κ2) is 8.05. The molecule has 3 atom stereocenters. The SMILES string of the molecule is COc1ccc(/C=C/C(=O)OC[C@@H]2CCC[N@+]3(C)CCCC[C@H]23)cc1. The molecule has 4 nitrogen and oxygen atoms in total. The molecule has 0 amide bonds. The van der Waals surface area contributed by atoms with Gasteiger partial charge in [0.15, 0.2) is 0 Å². The summed E-state index contributed by atoms with van der Waals surface area (Å²) in [5.74, 6) is 1.08. The summed E-state index contributed by atoms with van der Waals surface area (Å²) in [7, 11) is 4.03. The Labute approximate surface area is 151 Å². The largest absolute Gasteiger partial charge is 0.497 e. The van der Waals surface area contributed by atoms with Crippen LogP contribution in [-0.2, 0) is 9.53 Å². The fourth-order valence-electron chi connectivity index (χ4n) is 4.54. The molecule has 3 rings (SSSR count). The van der Waals surface area contributed by atoms with Gasteiger partial charge < -0.3 is 14.0 Å². The molecule has 0 aromatic heterocycles. The molecule has 0 unspecified atom stereocenters. The molecule has 2 heterocycles. The van der Waals surface area contributed by atoms with Crippen molar-refractivity contribution in [3.05, 3.63) is 35.9 Å². The lowest BCUT2D eigenvalue weighted by Gasteiger charge is -2.51. The highest BCUT2D eigenvalue weighted by atomic mass is 16.5. The molecule has 136 valence electrons. The van der Waals surface area contributed by atoms with Crippen LogP contribution in [0.2, 0.25) is 0 Å². The van der Waals surface area contributed by atoms with E-state index in [-0.39, 0.29) is 5.97 Å². The van der Waals surface area contributed by atoms with Gasteiger partial charge in [-0.1, -0.05) is 12.1 Å². The predicted molar refractivity (Wildman–Crippen MR) is 99.3 cm³/mol. The molecule has 0 aliphatic carbocycles. The van der Waals surface area contributed by atoms with E-state index in [1.54, 1.807) is 13.2 Å². The summed E-state index contributed by atoms with van der Waals surface area (Å²) in [5.41, 5.74) is 0.965. The number of carbonyl (C=O) groups is 1. The second-order valence-corrected chi connectivity index (χ2v) is 7.63. The Morgan fingerprint density at radius 1 is 1.16 bits per heavy atom. The minimum Gasteiger partial charge on any atom is -0.497 e. The Balaban J connectivity index is 1.51. The van der Waals surface area contributed by atoms with Crippen molar-refractivity contribution in [1.29, 1.82) is 0 Å². The zero-order chi connectivity index (χ0) is 17.7. The van der Waals surface area contributed by atoms with E-state index in [0.29, 0.717) is 18.6 Å². The third-order valence-electron chi connectivity index (χ3n) is 5.97. The predicted octanol–water partition coefficient (Wildman–Crippen LogP) is 3.66.